The minimum absolute atomic E-state index is 0.00128. The highest BCUT2D eigenvalue weighted by Gasteiger charge is 2.23. The van der Waals surface area contributed by atoms with Crippen LogP contribution in [0, 0.1) is 5.82 Å². The molecule has 1 fully saturated rings. The third kappa shape index (κ3) is 3.20. The van der Waals surface area contributed by atoms with Crippen LogP contribution in [0.15, 0.2) is 24.7 Å². The molecule has 26 heavy (non-hydrogen) atoms. The fraction of sp³-hybridized carbons (Fsp3) is 0.294. The Labute approximate surface area is 153 Å². The van der Waals surface area contributed by atoms with Crippen LogP contribution in [0.1, 0.15) is 19.3 Å². The Morgan fingerprint density at radius 3 is 3.04 bits per heavy atom. The maximum atomic E-state index is 14.2. The summed E-state index contributed by atoms with van der Waals surface area (Å²) in [7, 11) is 0. The summed E-state index contributed by atoms with van der Waals surface area (Å²) in [5.41, 5.74) is 1.29. The van der Waals surface area contributed by atoms with E-state index in [1.54, 1.807) is 12.3 Å². The summed E-state index contributed by atoms with van der Waals surface area (Å²) in [6, 6.07) is 1.22. The molecule has 134 valence electrons. The normalized spacial score (nSPS) is 17.8. The van der Waals surface area contributed by atoms with Gasteiger partial charge in [0.2, 0.25) is 5.91 Å². The maximum absolute atomic E-state index is 14.2. The third-order valence-corrected chi connectivity index (χ3v) is 4.54. The van der Waals surface area contributed by atoms with Crippen LogP contribution in [0.3, 0.4) is 0 Å². The van der Waals surface area contributed by atoms with Crippen molar-refractivity contribution >= 4 is 34.4 Å². The number of nitrogens with one attached hydrogen (secondary N) is 3. The predicted molar refractivity (Wildman–Crippen MR) is 96.4 cm³/mol. The van der Waals surface area contributed by atoms with Crippen LogP contribution in [0.5, 0.6) is 0 Å². The molecule has 1 aliphatic heterocycles. The van der Waals surface area contributed by atoms with Crippen molar-refractivity contribution in [2.75, 3.05) is 11.9 Å². The fourth-order valence-corrected chi connectivity index (χ4v) is 3.16. The lowest BCUT2D eigenvalue weighted by Gasteiger charge is -2.16. The van der Waals surface area contributed by atoms with Crippen molar-refractivity contribution in [3.63, 3.8) is 0 Å². The lowest BCUT2D eigenvalue weighted by molar-refractivity contribution is -0.121. The van der Waals surface area contributed by atoms with Crippen LogP contribution in [0.2, 0.25) is 5.02 Å². The summed E-state index contributed by atoms with van der Waals surface area (Å²) in [4.78, 5) is 27.7. The number of carbonyl (C=O) groups excluding carboxylic acids is 1. The van der Waals surface area contributed by atoms with E-state index in [1.807, 2.05) is 0 Å². The smallest absolute Gasteiger partial charge is 0.242 e. The molecule has 1 unspecified atom stereocenters. The first-order valence-corrected chi connectivity index (χ1v) is 8.69. The third-order valence-electron chi connectivity index (χ3n) is 4.33. The molecule has 0 bridgehead atoms. The van der Waals surface area contributed by atoms with Gasteiger partial charge in [-0.3, -0.25) is 4.79 Å². The Morgan fingerprint density at radius 2 is 2.15 bits per heavy atom. The Bertz CT molecular complexity index is 975. The average molecular weight is 375 g/mol. The number of rotatable bonds is 3. The Morgan fingerprint density at radius 1 is 1.27 bits per heavy atom. The highest BCUT2D eigenvalue weighted by atomic mass is 35.5. The van der Waals surface area contributed by atoms with Crippen molar-refractivity contribution in [3.8, 4) is 11.4 Å². The lowest BCUT2D eigenvalue weighted by atomic mass is 10.1. The van der Waals surface area contributed by atoms with Crippen LogP contribution < -0.4 is 10.6 Å². The number of halogens is 2. The minimum Gasteiger partial charge on any atom is -0.356 e. The molecule has 1 amide bonds. The van der Waals surface area contributed by atoms with Crippen molar-refractivity contribution in [1.82, 2.24) is 25.3 Å². The average Bonchev–Trinajstić information content (AvgIpc) is 2.94. The predicted octanol–water partition coefficient (Wildman–Crippen LogP) is 2.89. The zero-order chi connectivity index (χ0) is 18.1. The molecule has 4 heterocycles. The fourth-order valence-electron chi connectivity index (χ4n) is 3.00. The summed E-state index contributed by atoms with van der Waals surface area (Å²) in [6.45, 7) is 0.637. The molecule has 3 aromatic heterocycles. The summed E-state index contributed by atoms with van der Waals surface area (Å²) >= 11 is 6.02. The molecule has 3 aromatic rings. The van der Waals surface area contributed by atoms with Crippen molar-refractivity contribution in [2.45, 2.75) is 25.3 Å². The van der Waals surface area contributed by atoms with Crippen LogP contribution >= 0.6 is 11.6 Å². The molecular weight excluding hydrogens is 359 g/mol. The van der Waals surface area contributed by atoms with E-state index in [-0.39, 0.29) is 11.7 Å². The molecule has 7 nitrogen and oxygen atoms in total. The number of hydrogen-bond donors (Lipinski definition) is 3. The van der Waals surface area contributed by atoms with Gasteiger partial charge in [0.15, 0.2) is 17.5 Å². The number of pyridine rings is 1. The van der Waals surface area contributed by atoms with E-state index in [0.29, 0.717) is 35.0 Å². The molecule has 0 saturated carbocycles. The zero-order valence-electron chi connectivity index (χ0n) is 13.7. The first-order valence-electron chi connectivity index (χ1n) is 8.31. The van der Waals surface area contributed by atoms with Crippen LogP contribution in [-0.4, -0.2) is 38.4 Å². The van der Waals surface area contributed by atoms with Gasteiger partial charge in [-0.15, -0.1) is 0 Å². The Kier molecular flexibility index (Phi) is 4.42. The van der Waals surface area contributed by atoms with E-state index in [0.717, 1.165) is 24.4 Å². The van der Waals surface area contributed by atoms with Crippen molar-refractivity contribution in [3.05, 3.63) is 35.5 Å². The number of carbonyl (C=O) groups is 1. The molecule has 9 heteroatoms. The zero-order valence-corrected chi connectivity index (χ0v) is 14.5. The van der Waals surface area contributed by atoms with E-state index in [9.17, 15) is 9.18 Å². The minimum atomic E-state index is -0.609. The number of aromatic amines is 1. The molecule has 1 saturated heterocycles. The molecular formula is C17H16ClFN6O. The maximum Gasteiger partial charge on any atom is 0.242 e. The number of H-pyrrole nitrogens is 1. The molecule has 0 spiro atoms. The number of fused-ring (bicyclic) bond motifs is 1. The molecule has 4 rings (SSSR count). The summed E-state index contributed by atoms with van der Waals surface area (Å²) in [6.07, 6.45) is 6.73. The monoisotopic (exact) mass is 374 g/mol. The number of anilines is 1. The van der Waals surface area contributed by atoms with E-state index in [4.69, 9.17) is 11.6 Å². The standard InChI is InChI=1S/C17H16ClFN6O/c18-9-5-10-11(7-22-14(10)21-6-9)15-23-8-12(19)16(25-15)24-13-3-1-2-4-20-17(13)26/h5-8,13H,1-4H2,(H,20,26)(H,21,22)(H,23,24,25). The number of nitrogens with zero attached hydrogens (tertiary/aromatic N) is 3. The molecule has 1 aliphatic rings. The lowest BCUT2D eigenvalue weighted by Crippen LogP contribution is -2.38. The van der Waals surface area contributed by atoms with Gasteiger partial charge in [-0.05, 0) is 25.3 Å². The topological polar surface area (TPSA) is 95.6 Å². The van der Waals surface area contributed by atoms with E-state index < -0.39 is 11.9 Å². The highest BCUT2D eigenvalue weighted by Crippen LogP contribution is 2.28. The Hall–Kier alpha value is -2.74. The summed E-state index contributed by atoms with van der Waals surface area (Å²) in [5.74, 6) is -0.438. The highest BCUT2D eigenvalue weighted by molar-refractivity contribution is 6.31. The van der Waals surface area contributed by atoms with Crippen molar-refractivity contribution < 1.29 is 9.18 Å². The van der Waals surface area contributed by atoms with Crippen molar-refractivity contribution in [1.29, 1.82) is 0 Å². The second-order valence-electron chi connectivity index (χ2n) is 6.13. The van der Waals surface area contributed by atoms with Gasteiger partial charge in [0.05, 0.1) is 11.2 Å². The largest absolute Gasteiger partial charge is 0.356 e. The molecule has 0 radical (unpaired) electrons. The number of amides is 1. The second kappa shape index (κ2) is 6.87. The summed E-state index contributed by atoms with van der Waals surface area (Å²) < 4.78 is 14.2. The molecule has 1 atom stereocenters. The summed E-state index contributed by atoms with van der Waals surface area (Å²) in [5, 5.41) is 6.94. The Balaban J connectivity index is 1.69. The van der Waals surface area contributed by atoms with Gasteiger partial charge in [0, 0.05) is 29.9 Å². The quantitative estimate of drug-likeness (QED) is 0.655. The first kappa shape index (κ1) is 16.7. The van der Waals surface area contributed by atoms with Gasteiger partial charge in [0.1, 0.15) is 11.7 Å². The van der Waals surface area contributed by atoms with Gasteiger partial charge >= 0.3 is 0 Å². The van der Waals surface area contributed by atoms with Gasteiger partial charge < -0.3 is 15.6 Å². The van der Waals surface area contributed by atoms with Gasteiger partial charge in [-0.1, -0.05) is 11.6 Å². The van der Waals surface area contributed by atoms with Crippen LogP contribution in [0.4, 0.5) is 10.2 Å². The number of aromatic nitrogens is 4. The van der Waals surface area contributed by atoms with Gasteiger partial charge in [0.25, 0.3) is 0 Å². The first-order chi connectivity index (χ1) is 12.6. The van der Waals surface area contributed by atoms with E-state index in [2.05, 4.69) is 30.6 Å². The van der Waals surface area contributed by atoms with Gasteiger partial charge in [-0.25, -0.2) is 19.3 Å². The van der Waals surface area contributed by atoms with E-state index in [1.165, 1.54) is 6.20 Å². The number of hydrogen-bond acceptors (Lipinski definition) is 5. The van der Waals surface area contributed by atoms with Gasteiger partial charge in [-0.2, -0.15) is 0 Å². The molecule has 0 aliphatic carbocycles. The second-order valence-corrected chi connectivity index (χ2v) is 6.56. The molecule has 0 aromatic carbocycles. The SMILES string of the molecule is O=C1NCCCCC1Nc1nc(-c2c[nH]c3ncc(Cl)cc23)ncc1F. The molecule has 3 N–H and O–H groups in total. The van der Waals surface area contributed by atoms with Crippen LogP contribution in [0.25, 0.3) is 22.4 Å². The van der Waals surface area contributed by atoms with Crippen molar-refractivity contribution in [2.24, 2.45) is 0 Å². The van der Waals surface area contributed by atoms with E-state index >= 15 is 0 Å². The van der Waals surface area contributed by atoms with Crippen LogP contribution in [-0.2, 0) is 4.79 Å².